The summed E-state index contributed by atoms with van der Waals surface area (Å²) >= 11 is 0. The molecule has 1 aromatic carbocycles. The predicted octanol–water partition coefficient (Wildman–Crippen LogP) is 0.386. The van der Waals surface area contributed by atoms with Gasteiger partial charge in [-0.1, -0.05) is 6.07 Å². The Hall–Kier alpha value is -2.08. The van der Waals surface area contributed by atoms with Gasteiger partial charge in [0.1, 0.15) is 5.75 Å². The van der Waals surface area contributed by atoms with Crippen LogP contribution in [0.3, 0.4) is 0 Å². The fourth-order valence-electron chi connectivity index (χ4n) is 2.45. The molecule has 1 atom stereocenters. The van der Waals surface area contributed by atoms with E-state index < -0.39 is 0 Å². The van der Waals surface area contributed by atoms with E-state index >= 15 is 0 Å². The fourth-order valence-corrected chi connectivity index (χ4v) is 2.45. The number of amides is 2. The van der Waals surface area contributed by atoms with E-state index in [4.69, 9.17) is 4.74 Å². The molecule has 6 nitrogen and oxygen atoms in total. The predicted molar refractivity (Wildman–Crippen MR) is 73.4 cm³/mol. The van der Waals surface area contributed by atoms with E-state index in [2.05, 4.69) is 16.0 Å². The fraction of sp³-hybridized carbons (Fsp3) is 0.429. The van der Waals surface area contributed by atoms with Crippen molar-refractivity contribution in [3.8, 4) is 5.75 Å². The van der Waals surface area contributed by atoms with Crippen molar-refractivity contribution in [1.82, 2.24) is 10.6 Å². The van der Waals surface area contributed by atoms with Crippen LogP contribution in [0.25, 0.3) is 0 Å². The molecule has 0 aliphatic carbocycles. The molecule has 6 heteroatoms. The first kappa shape index (κ1) is 12.9. The van der Waals surface area contributed by atoms with E-state index in [1.807, 2.05) is 18.2 Å². The van der Waals surface area contributed by atoms with Crippen LogP contribution in [-0.4, -0.2) is 31.0 Å². The second kappa shape index (κ2) is 5.50. The summed E-state index contributed by atoms with van der Waals surface area (Å²) in [6, 6.07) is 5.52. The number of benzene rings is 1. The van der Waals surface area contributed by atoms with E-state index in [0.29, 0.717) is 18.0 Å². The zero-order chi connectivity index (χ0) is 13.9. The topological polar surface area (TPSA) is 79.5 Å². The smallest absolute Gasteiger partial charge is 0.262 e. The zero-order valence-electron chi connectivity index (χ0n) is 11.1. The number of carbonyl (C=O) groups excluding carboxylic acids is 2. The average Bonchev–Trinajstić information content (AvgIpc) is 2.46. The number of carbonyl (C=O) groups is 2. The minimum Gasteiger partial charge on any atom is -0.482 e. The van der Waals surface area contributed by atoms with Crippen LogP contribution in [0.5, 0.6) is 5.75 Å². The summed E-state index contributed by atoms with van der Waals surface area (Å²) in [7, 11) is 0. The first-order chi connectivity index (χ1) is 9.72. The Morgan fingerprint density at radius 3 is 3.10 bits per heavy atom. The minimum atomic E-state index is -0.144. The highest BCUT2D eigenvalue weighted by atomic mass is 16.5. The molecule has 0 spiro atoms. The molecular formula is C14H17N3O3. The molecule has 0 saturated carbocycles. The third kappa shape index (κ3) is 2.75. The van der Waals surface area contributed by atoms with Crippen molar-refractivity contribution in [3.05, 3.63) is 23.8 Å². The van der Waals surface area contributed by atoms with Crippen LogP contribution in [0.2, 0.25) is 0 Å². The van der Waals surface area contributed by atoms with Crippen molar-refractivity contribution >= 4 is 17.5 Å². The van der Waals surface area contributed by atoms with E-state index in [1.165, 1.54) is 0 Å². The molecule has 106 valence electrons. The van der Waals surface area contributed by atoms with Gasteiger partial charge >= 0.3 is 0 Å². The lowest BCUT2D eigenvalue weighted by Crippen LogP contribution is -2.47. The van der Waals surface area contributed by atoms with Gasteiger partial charge in [0.05, 0.1) is 11.7 Å². The molecular weight excluding hydrogens is 258 g/mol. The van der Waals surface area contributed by atoms with Crippen molar-refractivity contribution in [1.29, 1.82) is 0 Å². The van der Waals surface area contributed by atoms with Crippen LogP contribution in [0.4, 0.5) is 5.69 Å². The maximum Gasteiger partial charge on any atom is 0.262 e. The zero-order valence-corrected chi connectivity index (χ0v) is 11.1. The van der Waals surface area contributed by atoms with Crippen molar-refractivity contribution < 1.29 is 14.3 Å². The third-order valence-corrected chi connectivity index (χ3v) is 3.51. The molecule has 0 radical (unpaired) electrons. The van der Waals surface area contributed by atoms with Gasteiger partial charge in [0, 0.05) is 13.1 Å². The van der Waals surface area contributed by atoms with Crippen molar-refractivity contribution in [2.45, 2.75) is 25.4 Å². The SMILES string of the molecule is O=C1COc2ccc(CNC3CCCNC3=O)cc2N1. The quantitative estimate of drug-likeness (QED) is 0.745. The van der Waals surface area contributed by atoms with Crippen LogP contribution in [-0.2, 0) is 16.1 Å². The number of anilines is 1. The average molecular weight is 275 g/mol. The van der Waals surface area contributed by atoms with Crippen LogP contribution >= 0.6 is 0 Å². The molecule has 1 fully saturated rings. The van der Waals surface area contributed by atoms with Gasteiger partial charge in [0.25, 0.3) is 5.91 Å². The molecule has 2 amide bonds. The summed E-state index contributed by atoms with van der Waals surface area (Å²) in [6.45, 7) is 1.41. The minimum absolute atomic E-state index is 0.0610. The largest absolute Gasteiger partial charge is 0.482 e. The molecule has 2 aliphatic rings. The number of nitrogens with one attached hydrogen (secondary N) is 3. The van der Waals surface area contributed by atoms with Gasteiger partial charge in [-0.05, 0) is 30.5 Å². The van der Waals surface area contributed by atoms with E-state index in [0.717, 1.165) is 24.9 Å². The molecule has 1 unspecified atom stereocenters. The highest BCUT2D eigenvalue weighted by Crippen LogP contribution is 2.28. The van der Waals surface area contributed by atoms with Crippen molar-refractivity contribution in [2.24, 2.45) is 0 Å². The summed E-state index contributed by atoms with van der Waals surface area (Å²) in [5.41, 5.74) is 1.70. The Kier molecular flexibility index (Phi) is 3.56. The van der Waals surface area contributed by atoms with Gasteiger partial charge in [0.15, 0.2) is 6.61 Å². The van der Waals surface area contributed by atoms with Crippen LogP contribution in [0, 0.1) is 0 Å². The number of piperidine rings is 1. The molecule has 0 aromatic heterocycles. The van der Waals surface area contributed by atoms with E-state index in [1.54, 1.807) is 0 Å². The van der Waals surface area contributed by atoms with Crippen molar-refractivity contribution in [3.63, 3.8) is 0 Å². The Morgan fingerprint density at radius 2 is 2.25 bits per heavy atom. The van der Waals surface area contributed by atoms with Gasteiger partial charge < -0.3 is 20.7 Å². The second-order valence-corrected chi connectivity index (χ2v) is 5.03. The molecule has 2 aliphatic heterocycles. The lowest BCUT2D eigenvalue weighted by atomic mass is 10.1. The summed E-state index contributed by atoms with van der Waals surface area (Å²) < 4.78 is 5.31. The van der Waals surface area contributed by atoms with Crippen LogP contribution < -0.4 is 20.7 Å². The number of hydrogen-bond donors (Lipinski definition) is 3. The Morgan fingerprint density at radius 1 is 1.35 bits per heavy atom. The van der Waals surface area contributed by atoms with Crippen LogP contribution in [0.1, 0.15) is 18.4 Å². The van der Waals surface area contributed by atoms with Crippen LogP contribution in [0.15, 0.2) is 18.2 Å². The van der Waals surface area contributed by atoms with Gasteiger partial charge in [-0.25, -0.2) is 0 Å². The normalized spacial score (nSPS) is 21.5. The number of ether oxygens (including phenoxy) is 1. The third-order valence-electron chi connectivity index (χ3n) is 3.51. The standard InChI is InChI=1S/C14H17N3O3/c18-13-8-20-12-4-3-9(6-11(12)17-13)7-16-10-2-1-5-15-14(10)19/h3-4,6,10,16H,1-2,5,7-8H2,(H,15,19)(H,17,18). The highest BCUT2D eigenvalue weighted by molar-refractivity contribution is 5.95. The molecule has 3 rings (SSSR count). The number of hydrogen-bond acceptors (Lipinski definition) is 4. The van der Waals surface area contributed by atoms with Gasteiger partial charge in [0.2, 0.25) is 5.91 Å². The Balaban J connectivity index is 1.64. The summed E-state index contributed by atoms with van der Waals surface area (Å²) in [6.07, 6.45) is 1.86. The van der Waals surface area contributed by atoms with Gasteiger partial charge in [-0.3, -0.25) is 9.59 Å². The maximum atomic E-state index is 11.6. The molecule has 2 heterocycles. The summed E-state index contributed by atoms with van der Waals surface area (Å²) in [5.74, 6) is 0.601. The molecule has 20 heavy (non-hydrogen) atoms. The highest BCUT2D eigenvalue weighted by Gasteiger charge is 2.21. The first-order valence-corrected chi connectivity index (χ1v) is 6.79. The molecule has 0 bridgehead atoms. The second-order valence-electron chi connectivity index (χ2n) is 5.03. The first-order valence-electron chi connectivity index (χ1n) is 6.79. The van der Waals surface area contributed by atoms with Gasteiger partial charge in [-0.15, -0.1) is 0 Å². The molecule has 1 aromatic rings. The molecule has 3 N–H and O–H groups in total. The summed E-state index contributed by atoms with van der Waals surface area (Å²) in [5, 5.41) is 8.86. The lowest BCUT2D eigenvalue weighted by molar-refractivity contribution is -0.124. The summed E-state index contributed by atoms with van der Waals surface area (Å²) in [4.78, 5) is 22.9. The maximum absolute atomic E-state index is 11.6. The number of rotatable bonds is 3. The Labute approximate surface area is 116 Å². The lowest BCUT2D eigenvalue weighted by Gasteiger charge is -2.23. The number of fused-ring (bicyclic) bond motifs is 1. The Bertz CT molecular complexity index is 544. The monoisotopic (exact) mass is 275 g/mol. The van der Waals surface area contributed by atoms with E-state index in [9.17, 15) is 9.59 Å². The van der Waals surface area contributed by atoms with E-state index in [-0.39, 0.29) is 24.5 Å². The molecule has 1 saturated heterocycles. The van der Waals surface area contributed by atoms with Crippen molar-refractivity contribution in [2.75, 3.05) is 18.5 Å². The van der Waals surface area contributed by atoms with Gasteiger partial charge in [-0.2, -0.15) is 0 Å².